The van der Waals surface area contributed by atoms with Crippen molar-refractivity contribution in [3.8, 4) is 11.5 Å². The van der Waals surface area contributed by atoms with Gasteiger partial charge in [-0.05, 0) is 55.6 Å². The second-order valence-electron chi connectivity index (χ2n) is 8.65. The zero-order valence-corrected chi connectivity index (χ0v) is 20.8. The number of nitrogens with zero attached hydrogens (tertiary/aromatic N) is 3. The lowest BCUT2D eigenvalue weighted by Gasteiger charge is -2.24. The van der Waals surface area contributed by atoms with Crippen molar-refractivity contribution in [3.63, 3.8) is 0 Å². The highest BCUT2D eigenvalue weighted by molar-refractivity contribution is 7.59. The molecule has 1 aromatic heterocycles. The van der Waals surface area contributed by atoms with E-state index in [0.717, 1.165) is 37.3 Å². The molecule has 3 aromatic rings. The fourth-order valence-electron chi connectivity index (χ4n) is 4.61. The molecule has 6 bridgehead atoms. The number of nitrogens with one attached hydrogen (secondary N) is 2. The summed E-state index contributed by atoms with van der Waals surface area (Å²) in [5.74, 6) is 2.92. The van der Waals surface area contributed by atoms with Crippen LogP contribution >= 0.6 is 13.5 Å². The molecule has 0 unspecified atom stereocenters. The van der Waals surface area contributed by atoms with E-state index < -0.39 is 0 Å². The molecular formula is C26H31N5O3S. The standard InChI is InChI=1S/C26H29N5O3.H2S/c1-33-23-10-9-20-14-24(23)34-12-4-8-22(32)21-7-3-11-31(21)16-18-5-2-6-19(13-18)29-25-15-26(30-20)28-17-27-25;/h2,5-6,9-10,13-15,17,21H,3-4,7-8,11-12,16H2,1H3,(H2,27,28,29,30);1H2/t21-;/m1./s1. The maximum Gasteiger partial charge on any atom is 0.163 e. The third kappa shape index (κ3) is 6.04. The van der Waals surface area contributed by atoms with Crippen LogP contribution in [0.5, 0.6) is 11.5 Å². The number of carbonyl (C=O) groups excluding carboxylic acids is 1. The van der Waals surface area contributed by atoms with E-state index in [1.54, 1.807) is 7.11 Å². The van der Waals surface area contributed by atoms with Crippen molar-refractivity contribution in [2.75, 3.05) is 30.9 Å². The first-order chi connectivity index (χ1) is 16.7. The molecule has 0 saturated carbocycles. The highest BCUT2D eigenvalue weighted by Gasteiger charge is 2.30. The van der Waals surface area contributed by atoms with Crippen molar-refractivity contribution in [2.24, 2.45) is 0 Å². The Labute approximate surface area is 212 Å². The molecule has 0 radical (unpaired) electrons. The van der Waals surface area contributed by atoms with Crippen LogP contribution in [-0.2, 0) is 11.3 Å². The van der Waals surface area contributed by atoms with Gasteiger partial charge in [0.25, 0.3) is 0 Å². The van der Waals surface area contributed by atoms with E-state index in [1.807, 2.05) is 36.4 Å². The summed E-state index contributed by atoms with van der Waals surface area (Å²) in [5, 5.41) is 6.67. The molecule has 184 valence electrons. The Morgan fingerprint density at radius 3 is 2.63 bits per heavy atom. The first-order valence-electron chi connectivity index (χ1n) is 11.7. The van der Waals surface area contributed by atoms with E-state index >= 15 is 0 Å². The highest BCUT2D eigenvalue weighted by atomic mass is 32.1. The number of methoxy groups -OCH3 is 1. The van der Waals surface area contributed by atoms with E-state index in [4.69, 9.17) is 9.47 Å². The van der Waals surface area contributed by atoms with Crippen molar-refractivity contribution in [1.82, 2.24) is 14.9 Å². The number of Topliss-reactive ketones (excluding diaryl/α,β-unsaturated/α-hetero) is 1. The summed E-state index contributed by atoms with van der Waals surface area (Å²) < 4.78 is 11.5. The average Bonchev–Trinajstić information content (AvgIpc) is 3.30. The molecule has 2 aromatic carbocycles. The molecule has 2 aliphatic rings. The van der Waals surface area contributed by atoms with Gasteiger partial charge in [0.1, 0.15) is 23.7 Å². The fourth-order valence-corrected chi connectivity index (χ4v) is 4.61. The predicted octanol–water partition coefficient (Wildman–Crippen LogP) is 4.79. The first kappa shape index (κ1) is 24.8. The molecule has 0 amide bonds. The van der Waals surface area contributed by atoms with Gasteiger partial charge in [-0.15, -0.1) is 0 Å². The number of ketones is 1. The maximum atomic E-state index is 13.0. The van der Waals surface area contributed by atoms with Crippen LogP contribution in [0.3, 0.4) is 0 Å². The number of benzene rings is 2. The van der Waals surface area contributed by atoms with Crippen molar-refractivity contribution in [2.45, 2.75) is 38.3 Å². The molecule has 0 spiro atoms. The summed E-state index contributed by atoms with van der Waals surface area (Å²) in [6.07, 6.45) is 4.66. The number of hydrogen-bond acceptors (Lipinski definition) is 8. The molecule has 35 heavy (non-hydrogen) atoms. The maximum absolute atomic E-state index is 13.0. The number of ether oxygens (including phenoxy) is 2. The van der Waals surface area contributed by atoms with Gasteiger partial charge in [-0.2, -0.15) is 13.5 Å². The number of hydrogen-bond donors (Lipinski definition) is 2. The van der Waals surface area contributed by atoms with Crippen LogP contribution in [0.4, 0.5) is 23.0 Å². The Hall–Kier alpha value is -3.30. The number of fused-ring (bicyclic) bond motifs is 7. The van der Waals surface area contributed by atoms with Crippen LogP contribution in [0, 0.1) is 0 Å². The lowest BCUT2D eigenvalue weighted by molar-refractivity contribution is -0.123. The van der Waals surface area contributed by atoms with Gasteiger partial charge in [0.15, 0.2) is 11.5 Å². The Balaban J connectivity index is 0.00000289. The summed E-state index contributed by atoms with van der Waals surface area (Å²) in [6, 6.07) is 15.8. The zero-order valence-electron chi connectivity index (χ0n) is 19.8. The molecular weight excluding hydrogens is 462 g/mol. The topological polar surface area (TPSA) is 88.6 Å². The van der Waals surface area contributed by atoms with Crippen LogP contribution in [0.15, 0.2) is 54.9 Å². The Kier molecular flexibility index (Phi) is 8.09. The number of carbonyl (C=O) groups is 1. The minimum absolute atomic E-state index is 0. The third-order valence-corrected chi connectivity index (χ3v) is 6.25. The van der Waals surface area contributed by atoms with Crippen molar-refractivity contribution >= 4 is 42.3 Å². The molecule has 2 N–H and O–H groups in total. The predicted molar refractivity (Wildman–Crippen MR) is 142 cm³/mol. The Morgan fingerprint density at radius 1 is 1.03 bits per heavy atom. The highest BCUT2D eigenvalue weighted by Crippen LogP contribution is 2.32. The molecule has 1 saturated heterocycles. The smallest absolute Gasteiger partial charge is 0.163 e. The molecule has 2 aliphatic heterocycles. The molecule has 0 aliphatic carbocycles. The van der Waals surface area contributed by atoms with E-state index in [-0.39, 0.29) is 19.5 Å². The summed E-state index contributed by atoms with van der Waals surface area (Å²) in [5.41, 5.74) is 2.93. The zero-order chi connectivity index (χ0) is 23.3. The average molecular weight is 494 g/mol. The minimum Gasteiger partial charge on any atom is -0.493 e. The molecule has 5 rings (SSSR count). The first-order valence-corrected chi connectivity index (χ1v) is 11.7. The van der Waals surface area contributed by atoms with Gasteiger partial charge in [0.2, 0.25) is 0 Å². The van der Waals surface area contributed by atoms with Crippen LogP contribution in [0.2, 0.25) is 0 Å². The number of aromatic nitrogens is 2. The largest absolute Gasteiger partial charge is 0.493 e. The lowest BCUT2D eigenvalue weighted by Crippen LogP contribution is -2.35. The monoisotopic (exact) mass is 493 g/mol. The molecule has 9 heteroatoms. The van der Waals surface area contributed by atoms with Gasteiger partial charge < -0.3 is 20.1 Å². The second kappa shape index (κ2) is 11.4. The quantitative estimate of drug-likeness (QED) is 0.500. The van der Waals surface area contributed by atoms with E-state index in [1.165, 1.54) is 11.9 Å². The van der Waals surface area contributed by atoms with E-state index in [2.05, 4.69) is 37.6 Å². The van der Waals surface area contributed by atoms with Crippen LogP contribution in [0.25, 0.3) is 0 Å². The van der Waals surface area contributed by atoms with Gasteiger partial charge in [-0.1, -0.05) is 12.1 Å². The van der Waals surface area contributed by atoms with Crippen LogP contribution in [0.1, 0.15) is 31.2 Å². The molecule has 8 nitrogen and oxygen atoms in total. The third-order valence-electron chi connectivity index (χ3n) is 6.25. The van der Waals surface area contributed by atoms with E-state index in [9.17, 15) is 4.79 Å². The number of anilines is 4. The SMILES string of the molecule is COc1ccc2cc1OCCCC(=O)[C@H]1CCCN1Cc1cccc(c1)Nc1cc(ncn1)N2.S. The number of rotatable bonds is 1. The Bertz CT molecular complexity index is 1180. The van der Waals surface area contributed by atoms with Crippen molar-refractivity contribution < 1.29 is 14.3 Å². The fraction of sp³-hybridized carbons (Fsp3) is 0.346. The van der Waals surface area contributed by atoms with Gasteiger partial charge in [0, 0.05) is 36.5 Å². The molecule has 3 heterocycles. The van der Waals surface area contributed by atoms with Crippen molar-refractivity contribution in [1.29, 1.82) is 0 Å². The molecule has 1 fully saturated rings. The minimum atomic E-state index is -0.0230. The normalized spacial score (nSPS) is 18.3. The molecule has 1 atom stereocenters. The van der Waals surface area contributed by atoms with Gasteiger partial charge in [0.05, 0.1) is 19.8 Å². The lowest BCUT2D eigenvalue weighted by atomic mass is 10.0. The van der Waals surface area contributed by atoms with Crippen molar-refractivity contribution in [3.05, 3.63) is 60.4 Å². The summed E-state index contributed by atoms with van der Waals surface area (Å²) >= 11 is 0. The van der Waals surface area contributed by atoms with Crippen LogP contribution in [-0.4, -0.2) is 47.0 Å². The second-order valence-corrected chi connectivity index (χ2v) is 8.65. The van der Waals surface area contributed by atoms with Crippen LogP contribution < -0.4 is 20.1 Å². The summed E-state index contributed by atoms with van der Waals surface area (Å²) in [7, 11) is 1.62. The van der Waals surface area contributed by atoms with Gasteiger partial charge in [-0.25, -0.2) is 9.97 Å². The summed E-state index contributed by atoms with van der Waals surface area (Å²) in [4.78, 5) is 24.0. The summed E-state index contributed by atoms with van der Waals surface area (Å²) in [6.45, 7) is 2.14. The van der Waals surface area contributed by atoms with E-state index in [0.29, 0.717) is 48.4 Å². The van der Waals surface area contributed by atoms with Gasteiger partial charge in [-0.3, -0.25) is 9.69 Å². The Morgan fingerprint density at radius 2 is 1.83 bits per heavy atom. The van der Waals surface area contributed by atoms with Gasteiger partial charge >= 0.3 is 0 Å².